The van der Waals surface area contributed by atoms with E-state index in [0.29, 0.717) is 28.2 Å². The number of carboxylic acids is 1. The molecule has 6 nitrogen and oxygen atoms in total. The molecular weight excluding hydrogens is 386 g/mol. The average molecular weight is 398 g/mol. The lowest BCUT2D eigenvalue weighted by molar-refractivity contribution is 0.0697. The zero-order chi connectivity index (χ0) is 19.0. The normalized spacial score (nSPS) is 11.0. The van der Waals surface area contributed by atoms with Gasteiger partial charge in [-0.2, -0.15) is 0 Å². The first-order chi connectivity index (χ1) is 13.0. The van der Waals surface area contributed by atoms with Crippen LogP contribution in [0.5, 0.6) is 0 Å². The number of hydrogen-bond donors (Lipinski definition) is 2. The van der Waals surface area contributed by atoms with Gasteiger partial charge in [-0.05, 0) is 30.3 Å². The van der Waals surface area contributed by atoms with Gasteiger partial charge in [0.1, 0.15) is 10.8 Å². The summed E-state index contributed by atoms with van der Waals surface area (Å²) in [4.78, 5) is 35.1. The highest BCUT2D eigenvalue weighted by Gasteiger charge is 2.11. The third kappa shape index (κ3) is 3.60. The summed E-state index contributed by atoms with van der Waals surface area (Å²) >= 11 is 7.37. The van der Waals surface area contributed by atoms with Crippen LogP contribution in [0.3, 0.4) is 0 Å². The van der Waals surface area contributed by atoms with Gasteiger partial charge in [0.25, 0.3) is 5.56 Å². The van der Waals surface area contributed by atoms with Gasteiger partial charge in [-0.1, -0.05) is 23.7 Å². The van der Waals surface area contributed by atoms with E-state index in [9.17, 15) is 9.59 Å². The summed E-state index contributed by atoms with van der Waals surface area (Å²) in [5, 5.41) is 12.8. The van der Waals surface area contributed by atoms with Crippen LogP contribution in [0.2, 0.25) is 5.02 Å². The summed E-state index contributed by atoms with van der Waals surface area (Å²) in [6.07, 6.45) is 0.348. The molecular formula is C19H12ClN3O3S. The van der Waals surface area contributed by atoms with Crippen molar-refractivity contribution >= 4 is 39.8 Å². The minimum Gasteiger partial charge on any atom is -0.478 e. The van der Waals surface area contributed by atoms with Crippen molar-refractivity contribution < 1.29 is 9.90 Å². The van der Waals surface area contributed by atoms with Crippen molar-refractivity contribution in [3.8, 4) is 11.3 Å². The molecule has 27 heavy (non-hydrogen) atoms. The van der Waals surface area contributed by atoms with Crippen molar-refractivity contribution in [1.29, 1.82) is 0 Å². The van der Waals surface area contributed by atoms with E-state index in [4.69, 9.17) is 16.7 Å². The average Bonchev–Trinajstić information content (AvgIpc) is 3.10. The van der Waals surface area contributed by atoms with E-state index in [1.807, 2.05) is 17.5 Å². The van der Waals surface area contributed by atoms with Crippen molar-refractivity contribution in [2.24, 2.45) is 0 Å². The molecule has 0 aliphatic rings. The standard InChI is InChI=1S/C19H12ClN3O3S/c20-12-4-1-10(2-5-12)15-9-27-17(22-15)8-16-21-14-7-11(19(25)26)3-6-13(14)18(24)23-16/h1-7,9H,8H2,(H,25,26)(H,21,23,24). The molecule has 4 rings (SSSR count). The molecule has 0 aliphatic heterocycles. The molecule has 4 aromatic rings. The van der Waals surface area contributed by atoms with E-state index in [1.165, 1.54) is 29.5 Å². The molecule has 0 spiro atoms. The molecule has 0 radical (unpaired) electrons. The molecule has 0 atom stereocenters. The summed E-state index contributed by atoms with van der Waals surface area (Å²) in [5.41, 5.74) is 1.91. The number of halogens is 1. The largest absolute Gasteiger partial charge is 0.478 e. The molecule has 0 amide bonds. The van der Waals surface area contributed by atoms with Gasteiger partial charge in [-0.15, -0.1) is 11.3 Å². The highest BCUT2D eigenvalue weighted by atomic mass is 35.5. The van der Waals surface area contributed by atoms with Crippen LogP contribution in [0.25, 0.3) is 22.2 Å². The summed E-state index contributed by atoms with van der Waals surface area (Å²) < 4.78 is 0. The molecule has 0 saturated carbocycles. The van der Waals surface area contributed by atoms with Gasteiger partial charge >= 0.3 is 5.97 Å². The Morgan fingerprint density at radius 2 is 1.93 bits per heavy atom. The Kier molecular flexibility index (Phi) is 4.47. The van der Waals surface area contributed by atoms with Gasteiger partial charge in [0.2, 0.25) is 0 Å². The van der Waals surface area contributed by atoms with Crippen LogP contribution in [-0.4, -0.2) is 26.0 Å². The van der Waals surface area contributed by atoms with Gasteiger partial charge in [0.05, 0.1) is 28.6 Å². The van der Waals surface area contributed by atoms with Gasteiger partial charge in [-0.25, -0.2) is 14.8 Å². The molecule has 2 aromatic carbocycles. The molecule has 0 unspecified atom stereocenters. The molecule has 2 N–H and O–H groups in total. The Hall–Kier alpha value is -3.03. The van der Waals surface area contributed by atoms with Crippen molar-refractivity contribution in [3.05, 3.63) is 79.6 Å². The molecule has 0 bridgehead atoms. The lowest BCUT2D eigenvalue weighted by atomic mass is 10.1. The van der Waals surface area contributed by atoms with Crippen LogP contribution in [0.4, 0.5) is 0 Å². The van der Waals surface area contributed by atoms with Crippen LogP contribution >= 0.6 is 22.9 Å². The van der Waals surface area contributed by atoms with Crippen LogP contribution in [0.1, 0.15) is 21.2 Å². The maximum atomic E-state index is 12.3. The molecule has 0 aliphatic carbocycles. The van der Waals surface area contributed by atoms with Crippen LogP contribution in [-0.2, 0) is 6.42 Å². The second-order valence-electron chi connectivity index (χ2n) is 5.86. The van der Waals surface area contributed by atoms with Crippen molar-refractivity contribution in [2.45, 2.75) is 6.42 Å². The smallest absolute Gasteiger partial charge is 0.335 e. The number of aromatic nitrogens is 3. The van der Waals surface area contributed by atoms with Crippen molar-refractivity contribution in [1.82, 2.24) is 15.0 Å². The maximum absolute atomic E-state index is 12.3. The van der Waals surface area contributed by atoms with E-state index in [1.54, 1.807) is 12.1 Å². The highest BCUT2D eigenvalue weighted by Crippen LogP contribution is 2.24. The number of thiazole rings is 1. The van der Waals surface area contributed by atoms with Crippen LogP contribution < -0.4 is 5.56 Å². The fourth-order valence-corrected chi connectivity index (χ4v) is 3.63. The van der Waals surface area contributed by atoms with E-state index < -0.39 is 5.97 Å². The number of nitrogens with zero attached hydrogens (tertiary/aromatic N) is 2. The van der Waals surface area contributed by atoms with Crippen molar-refractivity contribution in [2.75, 3.05) is 0 Å². The first kappa shape index (κ1) is 17.4. The summed E-state index contributed by atoms with van der Waals surface area (Å²) in [6.45, 7) is 0. The summed E-state index contributed by atoms with van der Waals surface area (Å²) in [5.74, 6) is -0.625. The molecule has 0 fully saturated rings. The number of carbonyl (C=O) groups is 1. The number of H-pyrrole nitrogens is 1. The number of hydrogen-bond acceptors (Lipinski definition) is 5. The minimum absolute atomic E-state index is 0.0887. The maximum Gasteiger partial charge on any atom is 0.335 e. The van der Waals surface area contributed by atoms with E-state index in [-0.39, 0.29) is 11.1 Å². The van der Waals surface area contributed by atoms with Gasteiger partial charge < -0.3 is 10.1 Å². The third-order valence-corrected chi connectivity index (χ3v) is 5.11. The first-order valence-electron chi connectivity index (χ1n) is 7.96. The zero-order valence-electron chi connectivity index (χ0n) is 13.8. The number of aromatic carboxylic acids is 1. The zero-order valence-corrected chi connectivity index (χ0v) is 15.3. The number of aromatic amines is 1. The molecule has 0 saturated heterocycles. The Morgan fingerprint density at radius 3 is 2.67 bits per heavy atom. The fraction of sp³-hybridized carbons (Fsp3) is 0.0526. The minimum atomic E-state index is -1.06. The molecule has 2 heterocycles. The highest BCUT2D eigenvalue weighted by molar-refractivity contribution is 7.10. The SMILES string of the molecule is O=C(O)c1ccc2c(=O)[nH]c(Cc3nc(-c4ccc(Cl)cc4)cs3)nc2c1. The number of benzene rings is 2. The van der Waals surface area contributed by atoms with E-state index in [0.717, 1.165) is 16.3 Å². The van der Waals surface area contributed by atoms with Crippen LogP contribution in [0.15, 0.2) is 52.6 Å². The first-order valence-corrected chi connectivity index (χ1v) is 9.22. The third-order valence-electron chi connectivity index (χ3n) is 4.01. The van der Waals surface area contributed by atoms with Gasteiger partial charge in [-0.3, -0.25) is 4.79 Å². The molecule has 2 aromatic heterocycles. The fourth-order valence-electron chi connectivity index (χ4n) is 2.69. The molecule has 134 valence electrons. The number of nitrogens with one attached hydrogen (secondary N) is 1. The Balaban J connectivity index is 1.66. The predicted molar refractivity (Wildman–Crippen MR) is 105 cm³/mol. The number of fused-ring (bicyclic) bond motifs is 1. The second-order valence-corrected chi connectivity index (χ2v) is 7.24. The van der Waals surface area contributed by atoms with E-state index >= 15 is 0 Å². The summed E-state index contributed by atoms with van der Waals surface area (Å²) in [7, 11) is 0. The lowest BCUT2D eigenvalue weighted by Gasteiger charge is -2.02. The lowest BCUT2D eigenvalue weighted by Crippen LogP contribution is -2.12. The summed E-state index contributed by atoms with van der Waals surface area (Å²) in [6, 6.07) is 11.7. The van der Waals surface area contributed by atoms with Gasteiger partial charge in [0, 0.05) is 16.0 Å². The quantitative estimate of drug-likeness (QED) is 0.542. The van der Waals surface area contributed by atoms with E-state index in [2.05, 4.69) is 15.0 Å². The Bertz CT molecular complexity index is 1220. The Labute approximate surface area is 162 Å². The predicted octanol–water partition coefficient (Wildman–Crippen LogP) is 3.99. The topological polar surface area (TPSA) is 95.9 Å². The number of rotatable bonds is 4. The molecule has 8 heteroatoms. The van der Waals surface area contributed by atoms with Crippen LogP contribution in [0, 0.1) is 0 Å². The Morgan fingerprint density at radius 1 is 1.15 bits per heavy atom. The van der Waals surface area contributed by atoms with Gasteiger partial charge in [0.15, 0.2) is 0 Å². The second kappa shape index (κ2) is 6.94. The number of carboxylic acid groups (broad SMARTS) is 1. The monoisotopic (exact) mass is 397 g/mol. The van der Waals surface area contributed by atoms with Crippen molar-refractivity contribution in [3.63, 3.8) is 0 Å².